The number of aliphatic hydroxyl groups is 1. The lowest BCUT2D eigenvalue weighted by atomic mass is 9.80. The largest absolute Gasteiger partial charge is 0.756 e. The number of aromatic amines is 2. The minimum absolute atomic E-state index is 0. The van der Waals surface area contributed by atoms with Crippen LogP contribution in [0.4, 0.5) is 23.4 Å². The number of benzene rings is 3. The Morgan fingerprint density at radius 2 is 0.829 bits per heavy atom. The van der Waals surface area contributed by atoms with E-state index in [1.165, 1.54) is 51.9 Å². The highest BCUT2D eigenvalue weighted by Crippen LogP contribution is 2.53. The zero-order valence-electron chi connectivity index (χ0n) is 65.9. The number of fused-ring (bicyclic) bond motifs is 3. The zero-order chi connectivity index (χ0) is 83.5. The van der Waals surface area contributed by atoms with Gasteiger partial charge in [0.15, 0.2) is 34.1 Å². The minimum Gasteiger partial charge on any atom is -0.756 e. The molecule has 4 unspecified atom stereocenters. The molecule has 16 rings (SSSR count). The molecule has 51 nitrogen and oxygen atoms in total. The Morgan fingerprint density at radius 1 is 0.455 bits per heavy atom. The molecule has 0 spiro atoms. The lowest BCUT2D eigenvalue weighted by molar-refractivity contribution is -0.239. The van der Waals surface area contributed by atoms with Crippen LogP contribution in [-0.4, -0.2) is 177 Å². The molecule has 0 bridgehead atoms. The highest BCUT2D eigenvalue weighted by atomic mass is 31.2. The first-order chi connectivity index (χ1) is 56.9. The molecule has 662 valence electrons. The summed E-state index contributed by atoms with van der Waals surface area (Å²) in [6.45, 7) is -3.10. The number of imidazole rings is 3. The van der Waals surface area contributed by atoms with E-state index in [1.54, 1.807) is 0 Å². The number of aromatic nitrogens is 16. The molecule has 8 aromatic heterocycles. The molecular weight excluding hydrogens is 1710 g/mol. The van der Waals surface area contributed by atoms with E-state index in [4.69, 9.17) is 87.5 Å². The lowest BCUT2D eigenvalue weighted by Crippen LogP contribution is -2.39. The first-order valence-electron chi connectivity index (χ1n) is 36.5. The fraction of sp³-hybridized carbons (Fsp3) is 0.397. The number of nitrogens with two attached hydrogens (primary N) is 4. The highest BCUT2D eigenvalue weighted by molar-refractivity contribution is 7.46. The predicted molar refractivity (Wildman–Crippen MR) is 422 cm³/mol. The SMILES string of the molecule is Cc1cn([C@H]2C[C@H](O)[C@@H](COP(=O)([O-])O[C@H]3C[C@H](n4ccc(N)nc4=O)O[C@@H]3COP(=O)([O-])O[C@H]3C[C@H](n4cnc5c(N)ncnc54)O[C@@H]3COP(=O)([O-])O[C@H]3C[C@H](n4cnc5c(N)ncnc54)O[C@@H]3COP(=O)([O-])O[C@H]3C[C@H](n4cnc5c(=O)[nH]c(N)nc54)O[C@@H]3COC(c3ccccc3)(c3ccccc3)c3ccccc3)O2)c(=O)[nH]c1=O.[NH4+].[NH4+].[NH4+].[NH4+]. The maximum Gasteiger partial charge on any atom is 0.351 e. The molecule has 27 N–H and O–H groups in total. The second-order valence-corrected chi connectivity index (χ2v) is 33.4. The van der Waals surface area contributed by atoms with Crippen LogP contribution in [0.1, 0.15) is 85.5 Å². The Bertz CT molecular complexity index is 5930. The summed E-state index contributed by atoms with van der Waals surface area (Å²) in [7, 11) is -22.8. The Hall–Kier alpha value is -10.1. The molecule has 0 aliphatic carbocycles. The van der Waals surface area contributed by atoms with Crippen LogP contribution >= 0.6 is 31.3 Å². The van der Waals surface area contributed by atoms with Crippen LogP contribution in [0.15, 0.2) is 160 Å². The molecule has 5 saturated heterocycles. The van der Waals surface area contributed by atoms with Gasteiger partial charge in [-0.2, -0.15) is 9.97 Å². The van der Waals surface area contributed by atoms with Crippen LogP contribution in [0.3, 0.4) is 0 Å². The minimum atomic E-state index is -5.80. The molecule has 55 heteroatoms. The molecule has 5 fully saturated rings. The number of phosphoric ester groups is 4. The Morgan fingerprint density at radius 3 is 1.25 bits per heavy atom. The molecule has 0 saturated carbocycles. The topological polar surface area (TPSA) is 801 Å². The van der Waals surface area contributed by atoms with Crippen LogP contribution in [0.25, 0.3) is 33.5 Å². The molecule has 0 amide bonds. The van der Waals surface area contributed by atoms with E-state index in [9.17, 15) is 62.1 Å². The number of aryl methyl sites for hydroxylation is 1. The van der Waals surface area contributed by atoms with Crippen LogP contribution in [-0.2, 0) is 88.5 Å². The van der Waals surface area contributed by atoms with Gasteiger partial charge in [-0.3, -0.25) is 60.7 Å². The third kappa shape index (κ3) is 19.7. The van der Waals surface area contributed by atoms with Gasteiger partial charge < -0.3 is 137 Å². The number of quaternary nitrogens is 4. The van der Waals surface area contributed by atoms with Crippen molar-refractivity contribution in [2.45, 2.75) is 137 Å². The maximum absolute atomic E-state index is 14.7. The predicted octanol–water partition coefficient (Wildman–Crippen LogP) is 2.04. The van der Waals surface area contributed by atoms with Crippen molar-refractivity contribution in [1.82, 2.24) is 102 Å². The van der Waals surface area contributed by atoms with Gasteiger partial charge in [-0.25, -0.2) is 44.5 Å². The van der Waals surface area contributed by atoms with Crippen molar-refractivity contribution < 1.29 is 108 Å². The third-order valence-electron chi connectivity index (χ3n) is 20.4. The number of hydrogen-bond acceptors (Lipinski definition) is 40. The summed E-state index contributed by atoms with van der Waals surface area (Å²) in [6, 6.07) is 29.0. The first-order valence-corrected chi connectivity index (χ1v) is 42.3. The highest BCUT2D eigenvalue weighted by Gasteiger charge is 2.49. The van der Waals surface area contributed by atoms with Crippen molar-refractivity contribution in [1.29, 1.82) is 0 Å². The van der Waals surface area contributed by atoms with Gasteiger partial charge in [-0.1, -0.05) is 91.0 Å². The summed E-state index contributed by atoms with van der Waals surface area (Å²) in [6.07, 6.45) is -15.9. The fourth-order valence-electron chi connectivity index (χ4n) is 14.7. The number of ether oxygens (including phenoxy) is 6. The molecule has 3 aromatic carbocycles. The summed E-state index contributed by atoms with van der Waals surface area (Å²) < 4.78 is 146. The van der Waals surface area contributed by atoms with Crippen molar-refractivity contribution in [3.8, 4) is 0 Å². The number of nitrogen functional groups attached to an aromatic ring is 4. The average Bonchev–Trinajstić information content (AvgIpc) is 1.57. The molecular formula is C68H88N24O27P4. The fourth-order valence-corrected chi connectivity index (χ4v) is 18.5. The maximum atomic E-state index is 14.7. The summed E-state index contributed by atoms with van der Waals surface area (Å²) >= 11 is 0. The van der Waals surface area contributed by atoms with Crippen molar-refractivity contribution >= 4 is 88.2 Å². The number of nitrogens with zero attached hydrogens (tertiary/aromatic N) is 14. The van der Waals surface area contributed by atoms with Crippen molar-refractivity contribution in [3.63, 3.8) is 0 Å². The molecule has 11 aromatic rings. The van der Waals surface area contributed by atoms with Gasteiger partial charge >= 0.3 is 11.4 Å². The van der Waals surface area contributed by atoms with Crippen LogP contribution < -0.4 is 89.6 Å². The summed E-state index contributed by atoms with van der Waals surface area (Å²) in [5, 5.41) is 10.9. The van der Waals surface area contributed by atoms with Gasteiger partial charge in [0.05, 0.1) is 82.5 Å². The van der Waals surface area contributed by atoms with Gasteiger partial charge in [0, 0.05) is 50.1 Å². The average molecular weight is 1800 g/mol. The Balaban J connectivity index is 0.00000345. The van der Waals surface area contributed by atoms with Gasteiger partial charge in [-0.05, 0) is 29.7 Å². The van der Waals surface area contributed by atoms with Gasteiger partial charge in [0.25, 0.3) is 42.4 Å². The smallest absolute Gasteiger partial charge is 0.351 e. The van der Waals surface area contributed by atoms with Crippen LogP contribution in [0.5, 0.6) is 0 Å². The number of rotatable bonds is 31. The number of H-pyrrole nitrogens is 2. The van der Waals surface area contributed by atoms with Crippen LogP contribution in [0, 0.1) is 6.92 Å². The van der Waals surface area contributed by atoms with Gasteiger partial charge in [-0.15, -0.1) is 0 Å². The second-order valence-electron chi connectivity index (χ2n) is 28.0. The van der Waals surface area contributed by atoms with E-state index in [-0.39, 0.29) is 107 Å². The Kier molecular flexibility index (Phi) is 28.0. The van der Waals surface area contributed by atoms with E-state index in [2.05, 4.69) is 54.8 Å². The van der Waals surface area contributed by atoms with E-state index in [0.717, 1.165) is 28.0 Å². The summed E-state index contributed by atoms with van der Waals surface area (Å²) in [5.74, 6) is -0.567. The molecule has 19 atom stereocenters. The van der Waals surface area contributed by atoms with Crippen molar-refractivity contribution in [3.05, 3.63) is 205 Å². The van der Waals surface area contributed by atoms with Gasteiger partial charge in [0.1, 0.15) is 96.8 Å². The molecule has 5 aliphatic heterocycles. The van der Waals surface area contributed by atoms with E-state index < -0.39 is 197 Å². The number of anilines is 4. The normalized spacial score (nSPS) is 25.9. The zero-order valence-corrected chi connectivity index (χ0v) is 69.5. The van der Waals surface area contributed by atoms with Crippen LogP contribution in [0.2, 0.25) is 0 Å². The monoisotopic (exact) mass is 1800 g/mol. The van der Waals surface area contributed by atoms with E-state index in [1.807, 2.05) is 91.0 Å². The standard InChI is InChI=1S/C68H76N20O27P4.4H3N/c1-35-24-85(67(93)83-63(35)90)50-19-39(89)44(107-50)26-103-116(94,95)113-41-20-51(84-18-17-49(69)80-66(84)92)109-46(41)27-104-118(98,99)114-43-23-53(87-33-78-56-59(71)74-31-76-61(56)87)111-48(43)29-106-119(100,101)115-42-22-52(86-32-77-55-58(70)73-30-75-60(55)86)110-47(42)28-105-117(96,97)112-40-21-54(88-34-79-57-62(88)81-65(72)82-64(57)91)108-45(40)25-102-68(36-11-5-2-6-12-36,37-13-7-3-8-14-37)38-15-9-4-10-16-38;;;;/h2-18,24,30-34,39-48,50-54,89H,19-23,25-29H2,1H3,(H,94,95)(H,96,97)(H,98,99)(H,100,101)(H2,69,80,92)(H2,70,73,75)(H2,71,74,76)(H,83,90,93)(H3,72,81,82,91);4*1H3/t39-,40-,41-,42-,43-,44+,45+,46+,47+,48+,50+,51+,52+,53+,54+;;;;/m0..../s1. The van der Waals surface area contributed by atoms with Crippen molar-refractivity contribution in [2.75, 3.05) is 56.0 Å². The summed E-state index contributed by atoms with van der Waals surface area (Å²) in [5.41, 5.74) is 21.8. The molecule has 123 heavy (non-hydrogen) atoms. The quantitative estimate of drug-likeness (QED) is 0.0219. The second kappa shape index (κ2) is 37.4. The molecule has 5 aliphatic rings. The number of nitrogens with one attached hydrogen (secondary N) is 2. The molecule has 0 radical (unpaired) electrons. The Labute approximate surface area is 693 Å². The summed E-state index contributed by atoms with van der Waals surface area (Å²) in [4.78, 5) is 150. The van der Waals surface area contributed by atoms with E-state index in [0.29, 0.717) is 16.7 Å². The third-order valence-corrected chi connectivity index (χ3v) is 24.3. The number of hydrogen-bond donors (Lipinski definition) is 11. The first kappa shape index (κ1) is 92.1. The van der Waals surface area contributed by atoms with Gasteiger partial charge in [0.2, 0.25) is 5.95 Å². The number of phosphoric acid groups is 4. The molecule has 13 heterocycles. The number of aliphatic hydroxyl groups excluding tert-OH is 1. The van der Waals surface area contributed by atoms with Crippen molar-refractivity contribution in [2.24, 2.45) is 0 Å². The lowest BCUT2D eigenvalue weighted by Gasteiger charge is -2.37. The van der Waals surface area contributed by atoms with E-state index >= 15 is 0 Å².